The molecule has 1 heterocycles. The minimum absolute atomic E-state index is 0.0721. The van der Waals surface area contributed by atoms with Crippen LogP contribution in [0.2, 0.25) is 0 Å². The lowest BCUT2D eigenvalue weighted by Crippen LogP contribution is -2.32. The van der Waals surface area contributed by atoms with Crippen LogP contribution in [0, 0.1) is 17.8 Å². The van der Waals surface area contributed by atoms with Crippen molar-refractivity contribution in [2.24, 2.45) is 0 Å². The number of nitrogens with zero attached hydrogens (tertiary/aromatic N) is 1. The van der Waals surface area contributed by atoms with E-state index in [0.29, 0.717) is 11.8 Å². The van der Waals surface area contributed by atoms with E-state index in [1.165, 1.54) is 12.3 Å². The van der Waals surface area contributed by atoms with Gasteiger partial charge in [0.05, 0.1) is 12.1 Å². The number of hydrogen-bond acceptors (Lipinski definition) is 4. The Bertz CT molecular complexity index is 568. The van der Waals surface area contributed by atoms with Gasteiger partial charge in [-0.1, -0.05) is 11.8 Å². The Kier molecular flexibility index (Phi) is 5.21. The van der Waals surface area contributed by atoms with Crippen molar-refractivity contribution < 1.29 is 18.7 Å². The Balaban J connectivity index is 2.55. The molecule has 1 aromatic heterocycles. The molecule has 1 aromatic rings. The zero-order valence-electron chi connectivity index (χ0n) is 11.5. The van der Waals surface area contributed by atoms with Crippen LogP contribution in [0.3, 0.4) is 0 Å². The molecule has 1 amide bonds. The number of aromatic nitrogens is 1. The van der Waals surface area contributed by atoms with Crippen molar-refractivity contribution >= 4 is 12.4 Å². The highest BCUT2D eigenvalue weighted by Crippen LogP contribution is 2.06. The molecule has 0 saturated carbocycles. The number of hydrogen-bond donors (Lipinski definition) is 1. The summed E-state index contributed by atoms with van der Waals surface area (Å²) in [6, 6.07) is 1.29. The topological polar surface area (TPSA) is 68.3 Å². The van der Waals surface area contributed by atoms with Crippen LogP contribution in [0.1, 0.15) is 36.7 Å². The van der Waals surface area contributed by atoms with Crippen molar-refractivity contribution in [3.05, 3.63) is 29.3 Å². The minimum atomic E-state index is -0.836. The van der Waals surface area contributed by atoms with Crippen LogP contribution in [0.15, 0.2) is 12.3 Å². The standard InChI is InChI=1S/C14H15FN2O3/c1-14(2,3)20-13(19)16-6-4-5-10-7-11(9-18)12(15)17-8-10/h7-9H,6H2,1-3H3,(H,16,19). The fraction of sp³-hybridized carbons (Fsp3) is 0.357. The number of carbonyl (C=O) groups excluding carboxylic acids is 2. The van der Waals surface area contributed by atoms with Gasteiger partial charge < -0.3 is 10.1 Å². The zero-order chi connectivity index (χ0) is 15.2. The molecule has 0 spiro atoms. The molecule has 1 N–H and O–H groups in total. The number of pyridine rings is 1. The van der Waals surface area contributed by atoms with Crippen molar-refractivity contribution in [3.63, 3.8) is 0 Å². The molecule has 0 aliphatic rings. The van der Waals surface area contributed by atoms with Crippen LogP contribution in [0.25, 0.3) is 0 Å². The van der Waals surface area contributed by atoms with E-state index in [4.69, 9.17) is 4.74 Å². The van der Waals surface area contributed by atoms with E-state index in [2.05, 4.69) is 22.1 Å². The fourth-order valence-electron chi connectivity index (χ4n) is 1.19. The minimum Gasteiger partial charge on any atom is -0.444 e. The van der Waals surface area contributed by atoms with E-state index >= 15 is 0 Å². The smallest absolute Gasteiger partial charge is 0.408 e. The maximum absolute atomic E-state index is 13.0. The molecule has 0 aliphatic heterocycles. The largest absolute Gasteiger partial charge is 0.444 e. The predicted molar refractivity (Wildman–Crippen MR) is 70.7 cm³/mol. The Hall–Kier alpha value is -2.42. The first kappa shape index (κ1) is 15.6. The van der Waals surface area contributed by atoms with Gasteiger partial charge in [-0.15, -0.1) is 0 Å². The van der Waals surface area contributed by atoms with Gasteiger partial charge in [0.1, 0.15) is 5.60 Å². The average Bonchev–Trinajstić information content (AvgIpc) is 2.34. The van der Waals surface area contributed by atoms with Gasteiger partial charge in [-0.2, -0.15) is 4.39 Å². The van der Waals surface area contributed by atoms with Gasteiger partial charge in [0, 0.05) is 11.8 Å². The molecule has 6 heteroatoms. The summed E-state index contributed by atoms with van der Waals surface area (Å²) >= 11 is 0. The average molecular weight is 278 g/mol. The third-order valence-corrected chi connectivity index (χ3v) is 1.95. The summed E-state index contributed by atoms with van der Waals surface area (Å²) in [5.41, 5.74) is -0.339. The lowest BCUT2D eigenvalue weighted by molar-refractivity contribution is 0.0535. The van der Waals surface area contributed by atoms with Crippen molar-refractivity contribution in [1.29, 1.82) is 0 Å². The third kappa shape index (κ3) is 5.48. The van der Waals surface area contributed by atoms with Crippen molar-refractivity contribution in [3.8, 4) is 11.8 Å². The maximum Gasteiger partial charge on any atom is 0.408 e. The van der Waals surface area contributed by atoms with Crippen LogP contribution in [0.5, 0.6) is 0 Å². The van der Waals surface area contributed by atoms with E-state index in [1.54, 1.807) is 20.8 Å². The molecular weight excluding hydrogens is 263 g/mol. The van der Waals surface area contributed by atoms with E-state index in [-0.39, 0.29) is 12.1 Å². The molecular formula is C14H15FN2O3. The number of halogens is 1. The second-order valence-corrected chi connectivity index (χ2v) is 4.88. The highest BCUT2D eigenvalue weighted by Gasteiger charge is 2.14. The molecule has 0 bridgehead atoms. The molecule has 0 radical (unpaired) electrons. The second-order valence-electron chi connectivity index (χ2n) is 4.88. The molecule has 0 aromatic carbocycles. The Morgan fingerprint density at radius 1 is 1.55 bits per heavy atom. The third-order valence-electron chi connectivity index (χ3n) is 1.95. The van der Waals surface area contributed by atoms with E-state index in [1.807, 2.05) is 0 Å². The van der Waals surface area contributed by atoms with Gasteiger partial charge >= 0.3 is 6.09 Å². The van der Waals surface area contributed by atoms with Gasteiger partial charge in [0.2, 0.25) is 5.95 Å². The maximum atomic E-state index is 13.0. The van der Waals surface area contributed by atoms with Gasteiger partial charge in [0.25, 0.3) is 0 Å². The van der Waals surface area contributed by atoms with Crippen molar-refractivity contribution in [2.45, 2.75) is 26.4 Å². The zero-order valence-corrected chi connectivity index (χ0v) is 11.5. The number of rotatable bonds is 2. The monoisotopic (exact) mass is 278 g/mol. The van der Waals surface area contributed by atoms with Crippen LogP contribution >= 0.6 is 0 Å². The van der Waals surface area contributed by atoms with Crippen LogP contribution in [-0.2, 0) is 4.74 Å². The highest BCUT2D eigenvalue weighted by molar-refractivity contribution is 5.75. The molecule has 106 valence electrons. The lowest BCUT2D eigenvalue weighted by Gasteiger charge is -2.18. The second kappa shape index (κ2) is 6.66. The molecule has 5 nitrogen and oxygen atoms in total. The fourth-order valence-corrected chi connectivity index (χ4v) is 1.19. The van der Waals surface area contributed by atoms with Crippen LogP contribution in [0.4, 0.5) is 9.18 Å². The summed E-state index contributed by atoms with van der Waals surface area (Å²) in [6.45, 7) is 5.33. The van der Waals surface area contributed by atoms with Crippen LogP contribution < -0.4 is 5.32 Å². The van der Waals surface area contributed by atoms with Gasteiger partial charge in [-0.05, 0) is 26.8 Å². The first-order chi connectivity index (χ1) is 9.31. The molecule has 0 saturated heterocycles. The van der Waals surface area contributed by atoms with Gasteiger partial charge in [-0.3, -0.25) is 4.79 Å². The Morgan fingerprint density at radius 3 is 2.85 bits per heavy atom. The summed E-state index contributed by atoms with van der Waals surface area (Å²) in [5, 5.41) is 2.45. The molecule has 0 fully saturated rings. The summed E-state index contributed by atoms with van der Waals surface area (Å²) < 4.78 is 18.0. The van der Waals surface area contributed by atoms with Crippen molar-refractivity contribution in [1.82, 2.24) is 10.3 Å². The molecule has 0 atom stereocenters. The highest BCUT2D eigenvalue weighted by atomic mass is 19.1. The Morgan fingerprint density at radius 2 is 2.25 bits per heavy atom. The first-order valence-corrected chi connectivity index (χ1v) is 5.88. The van der Waals surface area contributed by atoms with Gasteiger partial charge in [-0.25, -0.2) is 9.78 Å². The molecule has 1 rings (SSSR count). The predicted octanol–water partition coefficient (Wildman–Crippen LogP) is 1.91. The number of aldehydes is 1. The van der Waals surface area contributed by atoms with E-state index in [9.17, 15) is 14.0 Å². The molecule has 0 aliphatic carbocycles. The quantitative estimate of drug-likeness (QED) is 0.510. The van der Waals surface area contributed by atoms with Gasteiger partial charge in [0.15, 0.2) is 6.29 Å². The van der Waals surface area contributed by atoms with E-state index < -0.39 is 17.6 Å². The number of nitrogens with one attached hydrogen (secondary N) is 1. The van der Waals surface area contributed by atoms with Crippen LogP contribution in [-0.4, -0.2) is 29.5 Å². The molecule has 20 heavy (non-hydrogen) atoms. The van der Waals surface area contributed by atoms with Crippen molar-refractivity contribution in [2.75, 3.05) is 6.54 Å². The number of amides is 1. The number of ether oxygens (including phenoxy) is 1. The molecule has 0 unspecified atom stereocenters. The summed E-state index contributed by atoms with van der Waals surface area (Å²) in [7, 11) is 0. The van der Waals surface area contributed by atoms with E-state index in [0.717, 1.165) is 0 Å². The number of carbonyl (C=O) groups is 2. The normalized spacial score (nSPS) is 10.2. The Labute approximate surface area is 116 Å². The first-order valence-electron chi connectivity index (χ1n) is 5.88. The summed E-state index contributed by atoms with van der Waals surface area (Å²) in [6.07, 6.45) is 1.01. The summed E-state index contributed by atoms with van der Waals surface area (Å²) in [4.78, 5) is 25.2. The SMILES string of the molecule is CC(C)(C)OC(=O)NCC#Cc1cnc(F)c(C=O)c1. The number of alkyl carbamates (subject to hydrolysis) is 1. The summed E-state index contributed by atoms with van der Waals surface area (Å²) in [5.74, 6) is 4.47. The lowest BCUT2D eigenvalue weighted by atomic mass is 10.2.